The van der Waals surface area contributed by atoms with Gasteiger partial charge in [0.25, 0.3) is 0 Å². The Morgan fingerprint density at radius 1 is 1.05 bits per heavy atom. The molecule has 1 atom stereocenters. The Balaban J connectivity index is 2.05. The van der Waals surface area contributed by atoms with Crippen LogP contribution in [-0.2, 0) is 13.2 Å². The Morgan fingerprint density at radius 3 is 2.33 bits per heavy atom. The minimum atomic E-state index is -0.622. The third-order valence-electron chi connectivity index (χ3n) is 3.28. The van der Waals surface area contributed by atoms with Gasteiger partial charge in [-0.2, -0.15) is 0 Å². The molecule has 0 amide bonds. The van der Waals surface area contributed by atoms with Crippen LogP contribution in [0.3, 0.4) is 0 Å². The number of benzene rings is 2. The van der Waals surface area contributed by atoms with Crippen molar-refractivity contribution >= 4 is 0 Å². The molecule has 0 spiro atoms. The van der Waals surface area contributed by atoms with E-state index in [9.17, 15) is 13.2 Å². The molecule has 0 aliphatic heterocycles. The molecule has 112 valence electrons. The summed E-state index contributed by atoms with van der Waals surface area (Å²) in [6.07, 6.45) is 0. The van der Waals surface area contributed by atoms with Crippen molar-refractivity contribution in [3.63, 3.8) is 0 Å². The molecule has 2 N–H and O–H groups in total. The zero-order valence-electron chi connectivity index (χ0n) is 11.5. The van der Waals surface area contributed by atoms with Crippen LogP contribution in [0.2, 0.25) is 0 Å². The molecule has 0 bridgehead atoms. The highest BCUT2D eigenvalue weighted by atomic mass is 19.1. The molecule has 0 radical (unpaired) electrons. The van der Waals surface area contributed by atoms with E-state index in [0.29, 0.717) is 12.1 Å². The van der Waals surface area contributed by atoms with Crippen LogP contribution in [0.15, 0.2) is 36.4 Å². The lowest BCUT2D eigenvalue weighted by molar-refractivity contribution is 0.275. The van der Waals surface area contributed by atoms with Crippen LogP contribution in [0.25, 0.3) is 0 Å². The fourth-order valence-electron chi connectivity index (χ4n) is 2.07. The number of aliphatic hydroxyl groups is 1. The van der Waals surface area contributed by atoms with Crippen molar-refractivity contribution in [3.05, 3.63) is 70.5 Å². The van der Waals surface area contributed by atoms with E-state index in [0.717, 1.165) is 11.6 Å². The highest BCUT2D eigenvalue weighted by Gasteiger charge is 2.09. The predicted octanol–water partition coefficient (Wildman–Crippen LogP) is 3.45. The summed E-state index contributed by atoms with van der Waals surface area (Å²) < 4.78 is 39.6. The van der Waals surface area contributed by atoms with Crippen LogP contribution < -0.4 is 5.32 Å². The first kappa shape index (κ1) is 15.5. The Morgan fingerprint density at radius 2 is 1.71 bits per heavy atom. The van der Waals surface area contributed by atoms with Crippen LogP contribution in [0.1, 0.15) is 29.7 Å². The Bertz CT molecular complexity index is 611. The minimum Gasteiger partial charge on any atom is -0.392 e. The van der Waals surface area contributed by atoms with E-state index in [1.165, 1.54) is 18.2 Å². The average molecular weight is 295 g/mol. The van der Waals surface area contributed by atoms with Gasteiger partial charge in [0.15, 0.2) is 0 Å². The van der Waals surface area contributed by atoms with Gasteiger partial charge >= 0.3 is 0 Å². The molecule has 0 fully saturated rings. The molecule has 1 unspecified atom stereocenters. The molecule has 0 saturated heterocycles. The van der Waals surface area contributed by atoms with E-state index in [2.05, 4.69) is 5.32 Å². The van der Waals surface area contributed by atoms with Crippen molar-refractivity contribution in [2.24, 2.45) is 0 Å². The van der Waals surface area contributed by atoms with E-state index in [1.54, 1.807) is 19.1 Å². The number of hydrogen-bond acceptors (Lipinski definition) is 2. The minimum absolute atomic E-state index is 0.221. The maximum Gasteiger partial charge on any atom is 0.128 e. The molecule has 0 aromatic heterocycles. The molecular formula is C16H16F3NO. The fourth-order valence-corrected chi connectivity index (χ4v) is 2.07. The Labute approximate surface area is 121 Å². The van der Waals surface area contributed by atoms with Gasteiger partial charge in [0.2, 0.25) is 0 Å². The van der Waals surface area contributed by atoms with Crippen LogP contribution >= 0.6 is 0 Å². The van der Waals surface area contributed by atoms with E-state index < -0.39 is 17.5 Å². The summed E-state index contributed by atoms with van der Waals surface area (Å²) in [7, 11) is 0. The number of nitrogens with one attached hydrogen (secondary N) is 1. The second-order valence-electron chi connectivity index (χ2n) is 4.89. The van der Waals surface area contributed by atoms with Crippen molar-refractivity contribution < 1.29 is 18.3 Å². The van der Waals surface area contributed by atoms with E-state index in [1.807, 2.05) is 0 Å². The molecule has 21 heavy (non-hydrogen) atoms. The summed E-state index contributed by atoms with van der Waals surface area (Å²) in [6.45, 7) is 1.81. The molecule has 2 aromatic carbocycles. The SMILES string of the molecule is CC(NCc1ccc(F)c(CO)c1)c1cc(F)cc(F)c1. The molecule has 0 aliphatic rings. The van der Waals surface area contributed by atoms with Gasteiger partial charge in [-0.15, -0.1) is 0 Å². The van der Waals surface area contributed by atoms with Crippen LogP contribution in [-0.4, -0.2) is 5.11 Å². The molecule has 0 heterocycles. The zero-order valence-corrected chi connectivity index (χ0v) is 11.5. The molecule has 2 aromatic rings. The van der Waals surface area contributed by atoms with Gasteiger partial charge in [-0.3, -0.25) is 0 Å². The quantitative estimate of drug-likeness (QED) is 0.885. The molecule has 5 heteroatoms. The lowest BCUT2D eigenvalue weighted by Gasteiger charge is -2.15. The largest absolute Gasteiger partial charge is 0.392 e. The van der Waals surface area contributed by atoms with E-state index >= 15 is 0 Å². The maximum atomic E-state index is 13.3. The topological polar surface area (TPSA) is 32.3 Å². The predicted molar refractivity (Wildman–Crippen MR) is 73.9 cm³/mol. The van der Waals surface area contributed by atoms with Crippen molar-refractivity contribution in [1.29, 1.82) is 0 Å². The van der Waals surface area contributed by atoms with Gasteiger partial charge in [0.05, 0.1) is 6.61 Å². The number of halogens is 3. The van der Waals surface area contributed by atoms with Gasteiger partial charge in [-0.05, 0) is 42.3 Å². The normalized spacial score (nSPS) is 12.4. The average Bonchev–Trinajstić information content (AvgIpc) is 2.45. The van der Waals surface area contributed by atoms with Crippen LogP contribution in [0.4, 0.5) is 13.2 Å². The van der Waals surface area contributed by atoms with Crippen molar-refractivity contribution in [3.8, 4) is 0 Å². The van der Waals surface area contributed by atoms with Crippen molar-refractivity contribution in [2.45, 2.75) is 26.1 Å². The summed E-state index contributed by atoms with van der Waals surface area (Å²) in [5, 5.41) is 12.1. The van der Waals surface area contributed by atoms with Gasteiger partial charge < -0.3 is 10.4 Å². The standard InChI is InChI=1S/C16H16F3NO/c1-10(12-5-14(17)7-15(18)6-12)20-8-11-2-3-16(19)13(4-11)9-21/h2-7,10,20-21H,8-9H2,1H3. The number of hydrogen-bond donors (Lipinski definition) is 2. The van der Waals surface area contributed by atoms with Gasteiger partial charge in [-0.1, -0.05) is 6.07 Å². The Kier molecular flexibility index (Phi) is 4.98. The molecule has 0 saturated carbocycles. The molecular weight excluding hydrogens is 279 g/mol. The highest BCUT2D eigenvalue weighted by Crippen LogP contribution is 2.17. The van der Waals surface area contributed by atoms with Crippen LogP contribution in [0.5, 0.6) is 0 Å². The summed E-state index contributed by atoms with van der Waals surface area (Å²) in [4.78, 5) is 0. The smallest absolute Gasteiger partial charge is 0.128 e. The van der Waals surface area contributed by atoms with Crippen LogP contribution in [0, 0.1) is 17.5 Å². The highest BCUT2D eigenvalue weighted by molar-refractivity contribution is 5.25. The van der Waals surface area contributed by atoms with E-state index in [-0.39, 0.29) is 18.2 Å². The van der Waals surface area contributed by atoms with E-state index in [4.69, 9.17) is 5.11 Å². The van der Waals surface area contributed by atoms with Crippen molar-refractivity contribution in [2.75, 3.05) is 0 Å². The monoisotopic (exact) mass is 295 g/mol. The summed E-state index contributed by atoms with van der Waals surface area (Å²) >= 11 is 0. The zero-order chi connectivity index (χ0) is 15.4. The third-order valence-corrected chi connectivity index (χ3v) is 3.28. The first-order chi connectivity index (χ1) is 9.99. The molecule has 0 aliphatic carbocycles. The summed E-state index contributed by atoms with van der Waals surface area (Å²) in [5.41, 5.74) is 1.50. The second kappa shape index (κ2) is 6.74. The third kappa shape index (κ3) is 4.06. The fraction of sp³-hybridized carbons (Fsp3) is 0.250. The van der Waals surface area contributed by atoms with Gasteiger partial charge in [0, 0.05) is 24.2 Å². The lowest BCUT2D eigenvalue weighted by Crippen LogP contribution is -2.18. The maximum absolute atomic E-state index is 13.3. The molecule has 2 nitrogen and oxygen atoms in total. The summed E-state index contributed by atoms with van der Waals surface area (Å²) in [6, 6.07) is 7.54. The molecule has 2 rings (SSSR count). The Hall–Kier alpha value is -1.85. The second-order valence-corrected chi connectivity index (χ2v) is 4.89. The first-order valence-electron chi connectivity index (χ1n) is 6.57. The van der Waals surface area contributed by atoms with Crippen molar-refractivity contribution in [1.82, 2.24) is 5.32 Å². The summed E-state index contributed by atoms with van der Waals surface area (Å²) in [5.74, 6) is -1.70. The lowest BCUT2D eigenvalue weighted by atomic mass is 10.1. The van der Waals surface area contributed by atoms with Gasteiger partial charge in [-0.25, -0.2) is 13.2 Å². The van der Waals surface area contributed by atoms with Gasteiger partial charge in [0.1, 0.15) is 17.5 Å². The number of rotatable bonds is 5. The first-order valence-corrected chi connectivity index (χ1v) is 6.57. The number of aliphatic hydroxyl groups excluding tert-OH is 1.